The molecule has 360 valence electrons. The first-order valence-electron chi connectivity index (χ1n) is 26.1. The van der Waals surface area contributed by atoms with Gasteiger partial charge in [-0.15, -0.1) is 0 Å². The number of nitrogens with zero attached hydrogens (tertiary/aromatic N) is 7. The van der Waals surface area contributed by atoms with Gasteiger partial charge in [-0.3, -0.25) is 0 Å². The molecule has 10 heteroatoms. The predicted molar refractivity (Wildman–Crippen MR) is 313 cm³/mol. The molecule has 0 fully saturated rings. The van der Waals surface area contributed by atoms with E-state index in [0.717, 1.165) is 140 Å². The molecule has 2 aromatic heterocycles. The lowest BCUT2D eigenvalue weighted by Gasteiger charge is -2.41. The number of fused-ring (bicyclic) bond motifs is 14. The highest BCUT2D eigenvalue weighted by atomic mass is 16.5. The van der Waals surface area contributed by atoms with Gasteiger partial charge in [0.25, 0.3) is 6.71 Å². The van der Waals surface area contributed by atoms with Crippen LogP contribution in [-0.4, -0.2) is 15.8 Å². The summed E-state index contributed by atoms with van der Waals surface area (Å²) in [6, 6.07) is 85.2. The zero-order chi connectivity index (χ0) is 51.3. The summed E-state index contributed by atoms with van der Waals surface area (Å²) in [5.41, 5.74) is 17.1. The van der Waals surface area contributed by atoms with Crippen molar-refractivity contribution >= 4 is 118 Å². The normalized spacial score (nSPS) is 13.2. The molecule has 0 amide bonds. The van der Waals surface area contributed by atoms with Crippen LogP contribution in [0, 0.1) is 22.7 Å². The number of hydrogen-bond donors (Lipinski definition) is 0. The molecule has 0 spiro atoms. The standard InChI is InChI=1S/C68H38BN7O2/c70-39-48-65(49(40-71)68-64-67(48)74(41-17-2-1-3-18-41)55-24-7-5-21-50(55)69(64)51-22-16-20-45-44-19-4-6-23-52(44)76(68)66(45)51)75-53-35-33-42(72-56-25-8-12-29-60(56)77-61-30-13-9-26-57(61)72)37-46(53)47-38-43(34-36-54(47)75)73-58-27-10-14-31-62(58)78-63-32-15-11-28-59(63)73/h1-38H. The molecular weight excluding hydrogens is 958 g/mol. The Bertz CT molecular complexity index is 4650. The van der Waals surface area contributed by atoms with Crippen LogP contribution in [0.15, 0.2) is 231 Å². The second-order valence-corrected chi connectivity index (χ2v) is 20.2. The Labute approximate surface area is 447 Å². The number of hydrogen-bond acceptors (Lipinski definition) is 7. The van der Waals surface area contributed by atoms with Gasteiger partial charge in [0.15, 0.2) is 23.0 Å². The Balaban J connectivity index is 1.03. The average molecular weight is 996 g/mol. The first-order valence-corrected chi connectivity index (χ1v) is 26.1. The van der Waals surface area contributed by atoms with Crippen molar-refractivity contribution in [3.05, 3.63) is 242 Å². The average Bonchev–Trinajstić information content (AvgIpc) is 3.46. The van der Waals surface area contributed by atoms with Gasteiger partial charge in [-0.2, -0.15) is 10.5 Å². The fourth-order valence-corrected chi connectivity index (χ4v) is 13.3. The van der Waals surface area contributed by atoms with Crippen molar-refractivity contribution in [3.8, 4) is 46.5 Å². The summed E-state index contributed by atoms with van der Waals surface area (Å²) in [7, 11) is 0. The molecule has 4 aliphatic rings. The summed E-state index contributed by atoms with van der Waals surface area (Å²) >= 11 is 0. The van der Waals surface area contributed by atoms with E-state index in [2.05, 4.69) is 175 Å². The molecular formula is C68H38BN7O2. The zero-order valence-corrected chi connectivity index (χ0v) is 41.5. The minimum Gasteiger partial charge on any atom is -0.453 e. The lowest BCUT2D eigenvalue weighted by molar-refractivity contribution is 0.477. The van der Waals surface area contributed by atoms with E-state index in [9.17, 15) is 10.5 Å². The Hall–Kier alpha value is -10.9. The largest absolute Gasteiger partial charge is 0.453 e. The fourth-order valence-electron chi connectivity index (χ4n) is 13.3. The maximum absolute atomic E-state index is 12.3. The Kier molecular flexibility index (Phi) is 8.59. The van der Waals surface area contributed by atoms with Gasteiger partial charge in [-0.25, -0.2) is 0 Å². The molecule has 0 unspecified atom stereocenters. The van der Waals surface area contributed by atoms with Gasteiger partial charge in [0, 0.05) is 49.8 Å². The first-order chi connectivity index (χ1) is 38.7. The highest BCUT2D eigenvalue weighted by molar-refractivity contribution is 7.00. The van der Waals surface area contributed by atoms with Gasteiger partial charge in [0.2, 0.25) is 0 Å². The van der Waals surface area contributed by atoms with Crippen molar-refractivity contribution in [2.75, 3.05) is 14.7 Å². The van der Waals surface area contributed by atoms with E-state index >= 15 is 0 Å². The lowest BCUT2D eigenvalue weighted by Crippen LogP contribution is -2.61. The minimum atomic E-state index is -0.290. The summed E-state index contributed by atoms with van der Waals surface area (Å²) in [5, 5.41) is 28.6. The van der Waals surface area contributed by atoms with Crippen molar-refractivity contribution in [2.24, 2.45) is 0 Å². The molecule has 9 nitrogen and oxygen atoms in total. The summed E-state index contributed by atoms with van der Waals surface area (Å²) in [6.07, 6.45) is 0. The monoisotopic (exact) mass is 995 g/mol. The molecule has 0 bridgehead atoms. The molecule has 0 N–H and O–H groups in total. The molecule has 78 heavy (non-hydrogen) atoms. The molecule has 6 heterocycles. The van der Waals surface area contributed by atoms with Crippen molar-refractivity contribution < 1.29 is 9.47 Å². The van der Waals surface area contributed by atoms with Gasteiger partial charge >= 0.3 is 0 Å². The van der Waals surface area contributed by atoms with Gasteiger partial charge in [0.05, 0.1) is 56.4 Å². The highest BCUT2D eigenvalue weighted by Crippen LogP contribution is 2.54. The quantitative estimate of drug-likeness (QED) is 0.162. The Morgan fingerprint density at radius 3 is 1.37 bits per heavy atom. The van der Waals surface area contributed by atoms with Gasteiger partial charge in [0.1, 0.15) is 23.3 Å². The molecule has 4 aliphatic heterocycles. The third kappa shape index (κ3) is 5.56. The molecule has 0 saturated heterocycles. The fraction of sp³-hybridized carbons (Fsp3) is 0. The topological polar surface area (TPSA) is 85.6 Å². The van der Waals surface area contributed by atoms with Crippen LogP contribution in [-0.2, 0) is 0 Å². The number of para-hydroxylation sites is 12. The molecule has 0 aliphatic carbocycles. The second kappa shape index (κ2) is 15.8. The van der Waals surface area contributed by atoms with Crippen molar-refractivity contribution in [2.45, 2.75) is 0 Å². The summed E-state index contributed by atoms with van der Waals surface area (Å²) in [6.45, 7) is -0.290. The van der Waals surface area contributed by atoms with Crippen LogP contribution >= 0.6 is 0 Å². The number of nitriles is 2. The SMILES string of the molecule is N#Cc1c2c3c(c(C#N)c1-n1c4ccc(N5c6ccccc6Oc6ccccc65)cc4c4cc(N5c6ccccc6Oc6ccccc65)ccc41)-n1c4ccccc4c4cccc(c41)B3c1ccccc1N2c1ccccc1. The maximum atomic E-state index is 12.3. The molecule has 0 saturated carbocycles. The van der Waals surface area contributed by atoms with Crippen LogP contribution in [0.4, 0.5) is 51.2 Å². The van der Waals surface area contributed by atoms with E-state index in [1.807, 2.05) is 91.0 Å². The molecule has 13 aromatic rings. The van der Waals surface area contributed by atoms with Crippen LogP contribution in [0.3, 0.4) is 0 Å². The number of benzene rings is 11. The number of ether oxygens (including phenoxy) is 2. The van der Waals surface area contributed by atoms with E-state index in [0.29, 0.717) is 16.8 Å². The third-order valence-corrected chi connectivity index (χ3v) is 16.3. The van der Waals surface area contributed by atoms with Crippen molar-refractivity contribution in [1.29, 1.82) is 10.5 Å². The highest BCUT2D eigenvalue weighted by Gasteiger charge is 2.46. The lowest BCUT2D eigenvalue weighted by atomic mass is 9.33. The summed E-state index contributed by atoms with van der Waals surface area (Å²) in [5.74, 6) is 3.01. The summed E-state index contributed by atoms with van der Waals surface area (Å²) in [4.78, 5) is 6.78. The molecule has 0 radical (unpaired) electrons. The van der Waals surface area contributed by atoms with Crippen molar-refractivity contribution in [1.82, 2.24) is 9.13 Å². The van der Waals surface area contributed by atoms with Crippen LogP contribution < -0.4 is 40.6 Å². The van der Waals surface area contributed by atoms with Crippen molar-refractivity contribution in [3.63, 3.8) is 0 Å². The Morgan fingerprint density at radius 1 is 0.333 bits per heavy atom. The van der Waals surface area contributed by atoms with Gasteiger partial charge < -0.3 is 33.3 Å². The van der Waals surface area contributed by atoms with E-state index in [1.165, 1.54) is 0 Å². The molecule has 11 aromatic carbocycles. The van der Waals surface area contributed by atoms with Gasteiger partial charge in [-0.1, -0.05) is 121 Å². The second-order valence-electron chi connectivity index (χ2n) is 20.2. The third-order valence-electron chi connectivity index (χ3n) is 16.3. The molecule has 0 atom stereocenters. The smallest absolute Gasteiger partial charge is 0.252 e. The summed E-state index contributed by atoms with van der Waals surface area (Å²) < 4.78 is 17.5. The maximum Gasteiger partial charge on any atom is 0.252 e. The van der Waals surface area contributed by atoms with Crippen LogP contribution in [0.1, 0.15) is 11.1 Å². The Morgan fingerprint density at radius 2 is 0.795 bits per heavy atom. The van der Waals surface area contributed by atoms with E-state index in [1.54, 1.807) is 0 Å². The van der Waals surface area contributed by atoms with Crippen LogP contribution in [0.2, 0.25) is 0 Å². The van der Waals surface area contributed by atoms with Gasteiger partial charge in [-0.05, 0) is 126 Å². The number of rotatable bonds is 4. The van der Waals surface area contributed by atoms with E-state index < -0.39 is 0 Å². The van der Waals surface area contributed by atoms with E-state index in [-0.39, 0.29) is 6.71 Å². The van der Waals surface area contributed by atoms with E-state index in [4.69, 9.17) is 9.47 Å². The van der Waals surface area contributed by atoms with Crippen LogP contribution in [0.25, 0.3) is 55.0 Å². The zero-order valence-electron chi connectivity index (χ0n) is 41.5. The number of aromatic nitrogens is 2. The number of anilines is 9. The molecule has 17 rings (SSSR count). The van der Waals surface area contributed by atoms with Crippen LogP contribution in [0.5, 0.6) is 23.0 Å². The minimum absolute atomic E-state index is 0.290. The predicted octanol–water partition coefficient (Wildman–Crippen LogP) is 15.4. The first kappa shape index (κ1) is 42.4.